The van der Waals surface area contributed by atoms with E-state index in [2.05, 4.69) is 15.5 Å². The maximum absolute atomic E-state index is 12.6. The van der Waals surface area contributed by atoms with Crippen LogP contribution >= 0.6 is 23.2 Å². The number of fused-ring (bicyclic) bond motifs is 1. The highest BCUT2D eigenvalue weighted by Crippen LogP contribution is 2.25. The molecule has 26 heavy (non-hydrogen) atoms. The van der Waals surface area contributed by atoms with E-state index in [1.165, 1.54) is 4.90 Å². The van der Waals surface area contributed by atoms with Gasteiger partial charge in [-0.05, 0) is 37.3 Å². The van der Waals surface area contributed by atoms with E-state index in [1.807, 2.05) is 25.1 Å². The second-order valence-corrected chi connectivity index (χ2v) is 6.77. The molecule has 1 heterocycles. The number of anilines is 1. The Labute approximate surface area is 160 Å². The Morgan fingerprint density at radius 3 is 2.65 bits per heavy atom. The number of carbonyl (C=O) groups excluding carboxylic acids is 2. The molecule has 0 aliphatic carbocycles. The minimum absolute atomic E-state index is 0.126. The summed E-state index contributed by atoms with van der Waals surface area (Å²) in [5.41, 5.74) is 2.58. The fourth-order valence-corrected chi connectivity index (χ4v) is 2.83. The summed E-state index contributed by atoms with van der Waals surface area (Å²) in [7, 11) is 1.55. The molecule has 0 radical (unpaired) electrons. The van der Waals surface area contributed by atoms with Gasteiger partial charge in [-0.25, -0.2) is 0 Å². The molecule has 0 fully saturated rings. The van der Waals surface area contributed by atoms with Crippen LogP contribution in [0.3, 0.4) is 0 Å². The Morgan fingerprint density at radius 2 is 1.92 bits per heavy atom. The average molecular weight is 391 g/mol. The third-order valence-electron chi connectivity index (χ3n) is 3.85. The van der Waals surface area contributed by atoms with Crippen molar-refractivity contribution in [3.05, 3.63) is 57.7 Å². The third-order valence-corrected chi connectivity index (χ3v) is 4.59. The van der Waals surface area contributed by atoms with Crippen molar-refractivity contribution in [1.82, 2.24) is 15.1 Å². The number of halogens is 2. The Kier molecular flexibility index (Phi) is 5.15. The second kappa shape index (κ2) is 7.35. The molecule has 2 N–H and O–H groups in total. The smallest absolute Gasteiger partial charge is 0.275 e. The van der Waals surface area contributed by atoms with Gasteiger partial charge in [0.05, 0.1) is 22.1 Å². The standard InChI is InChI=1S/C18H16Cl2N4O2/c1-10-3-6-15-12(7-10)17(23-22-15)18(26)24(2)9-16(25)21-11-4-5-13(19)14(20)8-11/h3-8H,9H2,1-2H3,(H,21,25)(H,22,23). The molecule has 0 saturated carbocycles. The van der Waals surface area contributed by atoms with Gasteiger partial charge in [0.1, 0.15) is 0 Å². The van der Waals surface area contributed by atoms with Crippen molar-refractivity contribution in [2.24, 2.45) is 0 Å². The monoisotopic (exact) mass is 390 g/mol. The molecule has 1 aromatic heterocycles. The Hall–Kier alpha value is -2.57. The molecule has 134 valence electrons. The highest BCUT2D eigenvalue weighted by Gasteiger charge is 2.20. The number of carbonyl (C=O) groups is 2. The van der Waals surface area contributed by atoms with Crippen molar-refractivity contribution in [3.8, 4) is 0 Å². The summed E-state index contributed by atoms with van der Waals surface area (Å²) in [6.07, 6.45) is 0. The molecule has 2 aromatic carbocycles. The zero-order valence-corrected chi connectivity index (χ0v) is 15.6. The number of hydrogen-bond acceptors (Lipinski definition) is 3. The van der Waals surface area contributed by atoms with Crippen LogP contribution in [0.4, 0.5) is 5.69 Å². The van der Waals surface area contributed by atoms with Crippen LogP contribution in [-0.4, -0.2) is 40.5 Å². The minimum atomic E-state index is -0.352. The molecule has 3 rings (SSSR count). The number of nitrogens with zero attached hydrogens (tertiary/aromatic N) is 2. The molecule has 2 amide bonds. The van der Waals surface area contributed by atoms with Crippen molar-refractivity contribution < 1.29 is 9.59 Å². The fraction of sp³-hybridized carbons (Fsp3) is 0.167. The lowest BCUT2D eigenvalue weighted by atomic mass is 10.1. The number of nitrogens with one attached hydrogen (secondary N) is 2. The number of rotatable bonds is 4. The zero-order chi connectivity index (χ0) is 18.8. The maximum atomic E-state index is 12.6. The topological polar surface area (TPSA) is 78.1 Å². The summed E-state index contributed by atoms with van der Waals surface area (Å²) in [4.78, 5) is 26.2. The van der Waals surface area contributed by atoms with Gasteiger partial charge in [0.2, 0.25) is 5.91 Å². The number of aromatic amines is 1. The first-order valence-electron chi connectivity index (χ1n) is 7.80. The number of H-pyrrole nitrogens is 1. The zero-order valence-electron chi connectivity index (χ0n) is 14.1. The minimum Gasteiger partial charge on any atom is -0.331 e. The SMILES string of the molecule is Cc1ccc2[nH]nc(C(=O)N(C)CC(=O)Nc3ccc(Cl)c(Cl)c3)c2c1. The molecule has 0 spiro atoms. The van der Waals surface area contributed by atoms with Crippen LogP contribution in [0.2, 0.25) is 10.0 Å². The van der Waals surface area contributed by atoms with Crippen LogP contribution in [0.15, 0.2) is 36.4 Å². The van der Waals surface area contributed by atoms with Crippen LogP contribution in [0.5, 0.6) is 0 Å². The number of aromatic nitrogens is 2. The van der Waals surface area contributed by atoms with Gasteiger partial charge in [0.25, 0.3) is 5.91 Å². The highest BCUT2D eigenvalue weighted by atomic mass is 35.5. The summed E-state index contributed by atoms with van der Waals surface area (Å²) in [6, 6.07) is 10.5. The van der Waals surface area contributed by atoms with Crippen molar-refractivity contribution in [2.45, 2.75) is 6.92 Å². The molecular formula is C18H16Cl2N4O2. The average Bonchev–Trinajstić information content (AvgIpc) is 3.00. The molecule has 3 aromatic rings. The predicted octanol–water partition coefficient (Wildman–Crippen LogP) is 3.89. The number of likely N-dealkylation sites (N-methyl/N-ethyl adjacent to an activating group) is 1. The van der Waals surface area contributed by atoms with Gasteiger partial charge in [-0.3, -0.25) is 14.7 Å². The molecule has 8 heteroatoms. The van der Waals surface area contributed by atoms with Crippen molar-refractivity contribution in [3.63, 3.8) is 0 Å². The Morgan fingerprint density at radius 1 is 1.15 bits per heavy atom. The number of hydrogen-bond donors (Lipinski definition) is 2. The van der Waals surface area contributed by atoms with E-state index in [4.69, 9.17) is 23.2 Å². The van der Waals surface area contributed by atoms with E-state index in [9.17, 15) is 9.59 Å². The first kappa shape index (κ1) is 18.2. The molecule has 0 atom stereocenters. The fourth-order valence-electron chi connectivity index (χ4n) is 2.53. The number of amides is 2. The summed E-state index contributed by atoms with van der Waals surface area (Å²) in [5, 5.41) is 11.1. The van der Waals surface area contributed by atoms with E-state index in [1.54, 1.807) is 25.2 Å². The van der Waals surface area contributed by atoms with Crippen molar-refractivity contribution >= 4 is 51.6 Å². The van der Waals surface area contributed by atoms with Crippen LogP contribution in [0.1, 0.15) is 16.1 Å². The van der Waals surface area contributed by atoms with Gasteiger partial charge in [0.15, 0.2) is 5.69 Å². The third kappa shape index (κ3) is 3.81. The first-order chi connectivity index (χ1) is 12.3. The van der Waals surface area contributed by atoms with Gasteiger partial charge in [-0.2, -0.15) is 5.10 Å². The summed E-state index contributed by atoms with van der Waals surface area (Å²) in [5.74, 6) is -0.693. The number of benzene rings is 2. The van der Waals surface area contributed by atoms with Crippen LogP contribution < -0.4 is 5.32 Å². The second-order valence-electron chi connectivity index (χ2n) is 5.96. The summed E-state index contributed by atoms with van der Waals surface area (Å²) in [6.45, 7) is 1.81. The van der Waals surface area contributed by atoms with Gasteiger partial charge < -0.3 is 10.2 Å². The number of aryl methyl sites for hydroxylation is 1. The molecular weight excluding hydrogens is 375 g/mol. The Balaban J connectivity index is 1.71. The molecule has 0 bridgehead atoms. The van der Waals surface area contributed by atoms with Gasteiger partial charge in [-0.1, -0.05) is 34.8 Å². The predicted molar refractivity (Wildman–Crippen MR) is 103 cm³/mol. The van der Waals surface area contributed by atoms with Gasteiger partial charge in [0, 0.05) is 18.1 Å². The quantitative estimate of drug-likeness (QED) is 0.709. The lowest BCUT2D eigenvalue weighted by Gasteiger charge is -2.16. The molecule has 0 aliphatic rings. The normalized spacial score (nSPS) is 10.8. The van der Waals surface area contributed by atoms with E-state index >= 15 is 0 Å². The lowest BCUT2D eigenvalue weighted by Crippen LogP contribution is -2.35. The lowest BCUT2D eigenvalue weighted by molar-refractivity contribution is -0.116. The first-order valence-corrected chi connectivity index (χ1v) is 8.56. The van der Waals surface area contributed by atoms with E-state index in [0.717, 1.165) is 16.5 Å². The molecule has 0 aliphatic heterocycles. The van der Waals surface area contributed by atoms with E-state index < -0.39 is 0 Å². The van der Waals surface area contributed by atoms with E-state index in [0.29, 0.717) is 15.7 Å². The molecule has 0 unspecified atom stereocenters. The highest BCUT2D eigenvalue weighted by molar-refractivity contribution is 6.42. The van der Waals surface area contributed by atoms with Crippen molar-refractivity contribution in [1.29, 1.82) is 0 Å². The van der Waals surface area contributed by atoms with Crippen molar-refractivity contribution in [2.75, 3.05) is 18.9 Å². The van der Waals surface area contributed by atoms with Crippen LogP contribution in [0.25, 0.3) is 10.9 Å². The van der Waals surface area contributed by atoms with Crippen LogP contribution in [0, 0.1) is 6.92 Å². The van der Waals surface area contributed by atoms with Gasteiger partial charge >= 0.3 is 0 Å². The largest absolute Gasteiger partial charge is 0.331 e. The van der Waals surface area contributed by atoms with Gasteiger partial charge in [-0.15, -0.1) is 0 Å². The Bertz CT molecular complexity index is 1000. The van der Waals surface area contributed by atoms with Crippen LogP contribution in [-0.2, 0) is 4.79 Å². The summed E-state index contributed by atoms with van der Waals surface area (Å²) >= 11 is 11.8. The molecule has 6 nitrogen and oxygen atoms in total. The summed E-state index contributed by atoms with van der Waals surface area (Å²) < 4.78 is 0. The van der Waals surface area contributed by atoms with E-state index in [-0.39, 0.29) is 24.1 Å². The molecule has 0 saturated heterocycles. The maximum Gasteiger partial charge on any atom is 0.275 e.